The van der Waals surface area contributed by atoms with E-state index in [9.17, 15) is 8.78 Å². The number of benzene rings is 3. The van der Waals surface area contributed by atoms with Gasteiger partial charge in [-0.3, -0.25) is 4.68 Å². The van der Waals surface area contributed by atoms with Gasteiger partial charge in [0.25, 0.3) is 0 Å². The van der Waals surface area contributed by atoms with Gasteiger partial charge in [0.15, 0.2) is 0 Å². The van der Waals surface area contributed by atoms with Gasteiger partial charge in [-0.2, -0.15) is 5.10 Å². The lowest BCUT2D eigenvalue weighted by Crippen LogP contribution is -2.04. The van der Waals surface area contributed by atoms with Crippen LogP contribution in [0.1, 0.15) is 16.7 Å². The Hall–Kier alpha value is -3.27. The number of halogens is 2. The zero-order valence-corrected chi connectivity index (χ0v) is 15.8. The van der Waals surface area contributed by atoms with Gasteiger partial charge in [-0.25, -0.2) is 8.78 Å². The minimum Gasteiger partial charge on any atom is -0.260 e. The minimum absolute atomic E-state index is 0.273. The molecule has 1 aromatic heterocycles. The molecule has 0 aliphatic rings. The second-order valence-electron chi connectivity index (χ2n) is 6.98. The second-order valence-corrected chi connectivity index (χ2v) is 6.98. The summed E-state index contributed by atoms with van der Waals surface area (Å²) in [5, 5.41) is 4.83. The first-order valence-electron chi connectivity index (χ1n) is 9.16. The van der Waals surface area contributed by atoms with Gasteiger partial charge in [0.05, 0.1) is 17.9 Å². The van der Waals surface area contributed by atoms with Crippen LogP contribution in [0.2, 0.25) is 0 Å². The SMILES string of the molecule is Cc1ccc(Cn2nc(-c3ccc(F)cc3)c(C)c2-c2ccc(F)cc2)cc1. The summed E-state index contributed by atoms with van der Waals surface area (Å²) in [5.74, 6) is -0.552. The Labute approximate surface area is 163 Å². The van der Waals surface area contributed by atoms with Gasteiger partial charge in [0.1, 0.15) is 11.6 Å². The van der Waals surface area contributed by atoms with E-state index in [0.29, 0.717) is 6.54 Å². The van der Waals surface area contributed by atoms with Crippen molar-refractivity contribution in [1.82, 2.24) is 9.78 Å². The third-order valence-corrected chi connectivity index (χ3v) is 4.88. The topological polar surface area (TPSA) is 17.8 Å². The van der Waals surface area contributed by atoms with Crippen LogP contribution in [-0.4, -0.2) is 9.78 Å². The summed E-state index contributed by atoms with van der Waals surface area (Å²) in [7, 11) is 0. The molecule has 4 rings (SSSR count). The number of hydrogen-bond acceptors (Lipinski definition) is 1. The first-order valence-corrected chi connectivity index (χ1v) is 9.16. The highest BCUT2D eigenvalue weighted by Crippen LogP contribution is 2.32. The number of aromatic nitrogens is 2. The molecule has 0 fully saturated rings. The normalized spacial score (nSPS) is 11.0. The molecule has 140 valence electrons. The van der Waals surface area contributed by atoms with E-state index in [1.54, 1.807) is 24.3 Å². The molecule has 0 radical (unpaired) electrons. The molecule has 0 aliphatic heterocycles. The van der Waals surface area contributed by atoms with E-state index < -0.39 is 0 Å². The highest BCUT2D eigenvalue weighted by Gasteiger charge is 2.18. The maximum absolute atomic E-state index is 13.4. The Morgan fingerprint density at radius 3 is 1.82 bits per heavy atom. The number of nitrogens with zero attached hydrogens (tertiary/aromatic N) is 2. The molecule has 0 bridgehead atoms. The Morgan fingerprint density at radius 1 is 0.714 bits per heavy atom. The minimum atomic E-state index is -0.278. The monoisotopic (exact) mass is 374 g/mol. The smallest absolute Gasteiger partial charge is 0.123 e. The van der Waals surface area contributed by atoms with Crippen LogP contribution in [-0.2, 0) is 6.54 Å². The quantitative estimate of drug-likeness (QED) is 0.418. The Bertz CT molecular complexity index is 1090. The van der Waals surface area contributed by atoms with Crippen molar-refractivity contribution < 1.29 is 8.78 Å². The van der Waals surface area contributed by atoms with Gasteiger partial charge < -0.3 is 0 Å². The predicted octanol–water partition coefficient (Wildman–Crippen LogP) is 6.16. The fourth-order valence-corrected chi connectivity index (χ4v) is 3.39. The maximum atomic E-state index is 13.4. The van der Waals surface area contributed by atoms with Crippen LogP contribution < -0.4 is 0 Å². The average Bonchev–Trinajstić information content (AvgIpc) is 3.01. The van der Waals surface area contributed by atoms with Crippen molar-refractivity contribution in [3.8, 4) is 22.5 Å². The molecule has 1 heterocycles. The summed E-state index contributed by atoms with van der Waals surface area (Å²) >= 11 is 0. The van der Waals surface area contributed by atoms with Crippen molar-refractivity contribution in [3.63, 3.8) is 0 Å². The molecule has 0 atom stereocenters. The Kier molecular flexibility index (Phi) is 4.78. The predicted molar refractivity (Wildman–Crippen MR) is 108 cm³/mol. The molecule has 0 amide bonds. The van der Waals surface area contributed by atoms with Gasteiger partial charge in [0, 0.05) is 16.7 Å². The lowest BCUT2D eigenvalue weighted by molar-refractivity contribution is 0.627. The molecule has 3 aromatic carbocycles. The number of hydrogen-bond donors (Lipinski definition) is 0. The van der Waals surface area contributed by atoms with Crippen molar-refractivity contribution >= 4 is 0 Å². The van der Waals surface area contributed by atoms with Gasteiger partial charge in [-0.15, -0.1) is 0 Å². The summed E-state index contributed by atoms with van der Waals surface area (Å²) in [4.78, 5) is 0. The summed E-state index contributed by atoms with van der Waals surface area (Å²) in [6, 6.07) is 21.1. The molecular weight excluding hydrogens is 354 g/mol. The summed E-state index contributed by atoms with van der Waals surface area (Å²) < 4.78 is 28.7. The van der Waals surface area contributed by atoms with Crippen LogP contribution in [0.3, 0.4) is 0 Å². The lowest BCUT2D eigenvalue weighted by atomic mass is 10.0. The van der Waals surface area contributed by atoms with Gasteiger partial charge in [0.2, 0.25) is 0 Å². The summed E-state index contributed by atoms with van der Waals surface area (Å²) in [6.07, 6.45) is 0. The van der Waals surface area contributed by atoms with Gasteiger partial charge in [-0.05, 0) is 67.9 Å². The first-order chi connectivity index (χ1) is 13.5. The largest absolute Gasteiger partial charge is 0.260 e. The zero-order valence-electron chi connectivity index (χ0n) is 15.8. The molecule has 0 saturated heterocycles. The van der Waals surface area contributed by atoms with E-state index >= 15 is 0 Å². The van der Waals surface area contributed by atoms with E-state index in [-0.39, 0.29) is 11.6 Å². The van der Waals surface area contributed by atoms with E-state index in [1.165, 1.54) is 29.8 Å². The van der Waals surface area contributed by atoms with Crippen LogP contribution in [0.5, 0.6) is 0 Å². The van der Waals surface area contributed by atoms with E-state index in [0.717, 1.165) is 33.6 Å². The van der Waals surface area contributed by atoms with Crippen molar-refractivity contribution in [2.75, 3.05) is 0 Å². The third-order valence-electron chi connectivity index (χ3n) is 4.88. The van der Waals surface area contributed by atoms with E-state index in [2.05, 4.69) is 31.2 Å². The molecule has 0 aliphatic carbocycles. The average molecular weight is 374 g/mol. The first kappa shape index (κ1) is 18.1. The zero-order chi connectivity index (χ0) is 19.7. The second kappa shape index (κ2) is 7.39. The fraction of sp³-hybridized carbons (Fsp3) is 0.125. The van der Waals surface area contributed by atoms with Crippen molar-refractivity contribution in [1.29, 1.82) is 0 Å². The van der Waals surface area contributed by atoms with Crippen LogP contribution in [0.25, 0.3) is 22.5 Å². The molecule has 4 heteroatoms. The highest BCUT2D eigenvalue weighted by molar-refractivity contribution is 5.74. The van der Waals surface area contributed by atoms with Gasteiger partial charge >= 0.3 is 0 Å². The summed E-state index contributed by atoms with van der Waals surface area (Å²) in [6.45, 7) is 4.64. The van der Waals surface area contributed by atoms with Crippen molar-refractivity contribution in [2.45, 2.75) is 20.4 Å². The van der Waals surface area contributed by atoms with Gasteiger partial charge in [-0.1, -0.05) is 29.8 Å². The Morgan fingerprint density at radius 2 is 1.25 bits per heavy atom. The van der Waals surface area contributed by atoms with E-state index in [4.69, 9.17) is 5.10 Å². The molecule has 0 spiro atoms. The molecular formula is C24H20F2N2. The molecule has 0 unspecified atom stereocenters. The van der Waals surface area contributed by atoms with Crippen LogP contribution in [0.4, 0.5) is 8.78 Å². The third kappa shape index (κ3) is 3.58. The molecule has 4 aromatic rings. The standard InChI is InChI=1S/C24H20F2N2/c1-16-3-5-18(6-4-16)15-28-24(20-9-13-22(26)14-10-20)17(2)23(27-28)19-7-11-21(25)12-8-19/h3-14H,15H2,1-2H3. The molecule has 28 heavy (non-hydrogen) atoms. The number of aryl methyl sites for hydroxylation is 1. The van der Waals surface area contributed by atoms with Crippen LogP contribution >= 0.6 is 0 Å². The van der Waals surface area contributed by atoms with Crippen molar-refractivity contribution in [3.05, 3.63) is 101 Å². The van der Waals surface area contributed by atoms with Crippen molar-refractivity contribution in [2.24, 2.45) is 0 Å². The fourth-order valence-electron chi connectivity index (χ4n) is 3.39. The number of rotatable bonds is 4. The molecule has 0 saturated carbocycles. The Balaban J connectivity index is 1.84. The highest BCUT2D eigenvalue weighted by atomic mass is 19.1. The van der Waals surface area contributed by atoms with E-state index in [1.807, 2.05) is 11.6 Å². The van der Waals surface area contributed by atoms with Crippen LogP contribution in [0.15, 0.2) is 72.8 Å². The molecule has 0 N–H and O–H groups in total. The summed E-state index contributed by atoms with van der Waals surface area (Å²) in [5.41, 5.74) is 6.78. The maximum Gasteiger partial charge on any atom is 0.123 e. The lowest BCUT2D eigenvalue weighted by Gasteiger charge is -2.09. The molecule has 2 nitrogen and oxygen atoms in total. The van der Waals surface area contributed by atoms with Crippen LogP contribution in [0, 0.1) is 25.5 Å².